The van der Waals surface area contributed by atoms with E-state index in [9.17, 15) is 9.59 Å². The summed E-state index contributed by atoms with van der Waals surface area (Å²) in [5.41, 5.74) is 2.61. The van der Waals surface area contributed by atoms with Gasteiger partial charge in [-0.05, 0) is 42.7 Å². The van der Waals surface area contributed by atoms with E-state index in [1.54, 1.807) is 18.2 Å². The molecule has 0 aliphatic heterocycles. The van der Waals surface area contributed by atoms with Gasteiger partial charge in [-0.15, -0.1) is 0 Å². The van der Waals surface area contributed by atoms with Crippen molar-refractivity contribution in [1.82, 2.24) is 10.6 Å². The lowest BCUT2D eigenvalue weighted by molar-refractivity contribution is -0.115. The van der Waals surface area contributed by atoms with Crippen LogP contribution >= 0.6 is 23.2 Å². The fourth-order valence-electron chi connectivity index (χ4n) is 2.42. The third kappa shape index (κ3) is 5.64. The molecule has 26 heavy (non-hydrogen) atoms. The van der Waals surface area contributed by atoms with Crippen LogP contribution in [0.3, 0.4) is 0 Å². The molecule has 7 heteroatoms. The Bertz CT molecular complexity index is 796. The van der Waals surface area contributed by atoms with Crippen molar-refractivity contribution in [2.75, 3.05) is 11.9 Å². The minimum absolute atomic E-state index is 0.127. The third-order valence-electron chi connectivity index (χ3n) is 3.87. The second-order valence-corrected chi connectivity index (χ2v) is 6.60. The maximum absolute atomic E-state index is 12.0. The highest BCUT2D eigenvalue weighted by Gasteiger charge is 2.12. The second kappa shape index (κ2) is 9.46. The molecule has 0 radical (unpaired) electrons. The highest BCUT2D eigenvalue weighted by atomic mass is 35.5. The molecular weight excluding hydrogens is 373 g/mol. The van der Waals surface area contributed by atoms with Crippen LogP contribution in [0, 0.1) is 0 Å². The average molecular weight is 394 g/mol. The Labute approximate surface area is 163 Å². The zero-order valence-corrected chi connectivity index (χ0v) is 16.1. The van der Waals surface area contributed by atoms with Crippen molar-refractivity contribution in [2.45, 2.75) is 26.3 Å². The summed E-state index contributed by atoms with van der Waals surface area (Å²) in [5, 5.41) is 8.98. The first-order valence-corrected chi connectivity index (χ1v) is 9.03. The molecule has 5 nitrogen and oxygen atoms in total. The van der Waals surface area contributed by atoms with E-state index in [-0.39, 0.29) is 18.5 Å². The Balaban J connectivity index is 1.84. The van der Waals surface area contributed by atoms with Crippen LogP contribution in [0.2, 0.25) is 10.0 Å². The molecule has 0 bridgehead atoms. The Morgan fingerprint density at radius 3 is 2.50 bits per heavy atom. The quantitative estimate of drug-likeness (QED) is 0.673. The largest absolute Gasteiger partial charge is 0.332 e. The van der Waals surface area contributed by atoms with Crippen LogP contribution in [0.15, 0.2) is 42.5 Å². The summed E-state index contributed by atoms with van der Waals surface area (Å²) in [5.74, 6) is -0.289. The van der Waals surface area contributed by atoms with E-state index in [4.69, 9.17) is 23.2 Å². The Morgan fingerprint density at radius 2 is 1.81 bits per heavy atom. The van der Waals surface area contributed by atoms with Gasteiger partial charge < -0.3 is 16.0 Å². The molecule has 2 aromatic carbocycles. The first-order valence-electron chi connectivity index (χ1n) is 8.27. The van der Waals surface area contributed by atoms with Crippen molar-refractivity contribution in [3.05, 3.63) is 63.6 Å². The summed E-state index contributed by atoms with van der Waals surface area (Å²) in [7, 11) is 0. The SMILES string of the molecule is CCc1ccccc1NC(=O)CNC(=O)NC(C)c1ccc(Cl)c(Cl)c1. The van der Waals surface area contributed by atoms with Crippen LogP contribution in [-0.2, 0) is 11.2 Å². The van der Waals surface area contributed by atoms with Crippen LogP contribution in [0.5, 0.6) is 0 Å². The minimum atomic E-state index is -0.442. The van der Waals surface area contributed by atoms with Gasteiger partial charge in [0.05, 0.1) is 22.6 Å². The minimum Gasteiger partial charge on any atom is -0.332 e. The van der Waals surface area contributed by atoms with Crippen molar-refractivity contribution < 1.29 is 9.59 Å². The lowest BCUT2D eigenvalue weighted by Gasteiger charge is -2.16. The molecule has 3 N–H and O–H groups in total. The van der Waals surface area contributed by atoms with Gasteiger partial charge in [0.25, 0.3) is 0 Å². The van der Waals surface area contributed by atoms with E-state index in [1.807, 2.05) is 38.1 Å². The van der Waals surface area contributed by atoms with Crippen molar-refractivity contribution in [1.29, 1.82) is 0 Å². The molecular formula is C19H21Cl2N3O2. The van der Waals surface area contributed by atoms with E-state index in [1.165, 1.54) is 0 Å². The summed E-state index contributed by atoms with van der Waals surface area (Å²) in [6, 6.07) is 12.0. The van der Waals surface area contributed by atoms with Gasteiger partial charge in [-0.25, -0.2) is 4.79 Å². The number of rotatable bonds is 6. The molecule has 0 fully saturated rings. The first kappa shape index (κ1) is 20.1. The van der Waals surface area contributed by atoms with Gasteiger partial charge in [0, 0.05) is 5.69 Å². The van der Waals surface area contributed by atoms with Gasteiger partial charge in [0.15, 0.2) is 0 Å². The van der Waals surface area contributed by atoms with Crippen molar-refractivity contribution >= 4 is 40.8 Å². The number of hydrogen-bond acceptors (Lipinski definition) is 2. The number of amides is 3. The maximum atomic E-state index is 12.0. The van der Waals surface area contributed by atoms with Crippen molar-refractivity contribution in [3.63, 3.8) is 0 Å². The van der Waals surface area contributed by atoms with Crippen LogP contribution < -0.4 is 16.0 Å². The van der Waals surface area contributed by atoms with Gasteiger partial charge in [-0.2, -0.15) is 0 Å². The molecule has 0 heterocycles. The number of carbonyl (C=O) groups is 2. The molecule has 1 atom stereocenters. The summed E-state index contributed by atoms with van der Waals surface area (Å²) in [6.45, 7) is 3.70. The molecule has 2 rings (SSSR count). The van der Waals surface area contributed by atoms with Gasteiger partial charge in [-0.1, -0.05) is 54.4 Å². The van der Waals surface area contributed by atoms with Gasteiger partial charge >= 0.3 is 6.03 Å². The van der Waals surface area contributed by atoms with Crippen LogP contribution in [0.4, 0.5) is 10.5 Å². The number of nitrogens with one attached hydrogen (secondary N) is 3. The van der Waals surface area contributed by atoms with E-state index in [0.717, 1.165) is 23.2 Å². The zero-order chi connectivity index (χ0) is 19.1. The van der Waals surface area contributed by atoms with Gasteiger partial charge in [0.2, 0.25) is 5.91 Å². The smallest absolute Gasteiger partial charge is 0.315 e. The Kier molecular flexibility index (Phi) is 7.30. The highest BCUT2D eigenvalue weighted by molar-refractivity contribution is 6.42. The summed E-state index contributed by atoms with van der Waals surface area (Å²) in [4.78, 5) is 24.0. The maximum Gasteiger partial charge on any atom is 0.315 e. The number of aryl methyl sites for hydroxylation is 1. The fraction of sp³-hybridized carbons (Fsp3) is 0.263. The summed E-state index contributed by atoms with van der Waals surface area (Å²) >= 11 is 11.9. The number of halogens is 2. The first-order chi connectivity index (χ1) is 12.4. The predicted molar refractivity (Wildman–Crippen MR) is 106 cm³/mol. The summed E-state index contributed by atoms with van der Waals surface area (Å²) in [6.07, 6.45) is 0.811. The van der Waals surface area contributed by atoms with Crippen molar-refractivity contribution in [3.8, 4) is 0 Å². The molecule has 0 saturated heterocycles. The Morgan fingerprint density at radius 1 is 1.08 bits per heavy atom. The molecule has 138 valence electrons. The molecule has 0 aliphatic rings. The predicted octanol–water partition coefficient (Wildman–Crippen LogP) is 4.55. The second-order valence-electron chi connectivity index (χ2n) is 5.78. The number of hydrogen-bond donors (Lipinski definition) is 3. The number of benzene rings is 2. The van der Waals surface area contributed by atoms with Crippen LogP contribution in [0.1, 0.15) is 31.0 Å². The zero-order valence-electron chi connectivity index (χ0n) is 14.6. The van der Waals surface area contributed by atoms with E-state index < -0.39 is 6.03 Å². The lowest BCUT2D eigenvalue weighted by atomic mass is 10.1. The molecule has 2 aromatic rings. The number of anilines is 1. The monoisotopic (exact) mass is 393 g/mol. The number of para-hydroxylation sites is 1. The van der Waals surface area contributed by atoms with E-state index in [2.05, 4.69) is 16.0 Å². The standard InChI is InChI=1S/C19H21Cl2N3O2/c1-3-13-6-4-5-7-17(13)24-18(25)11-22-19(26)23-12(2)14-8-9-15(20)16(21)10-14/h4-10,12H,3,11H2,1-2H3,(H,24,25)(H2,22,23,26). The normalized spacial score (nSPS) is 11.5. The molecule has 1 unspecified atom stereocenters. The third-order valence-corrected chi connectivity index (χ3v) is 4.61. The highest BCUT2D eigenvalue weighted by Crippen LogP contribution is 2.25. The topological polar surface area (TPSA) is 70.2 Å². The molecule has 0 aliphatic carbocycles. The van der Waals surface area contributed by atoms with Crippen LogP contribution in [-0.4, -0.2) is 18.5 Å². The lowest BCUT2D eigenvalue weighted by Crippen LogP contribution is -2.41. The van der Waals surface area contributed by atoms with E-state index >= 15 is 0 Å². The van der Waals surface area contributed by atoms with E-state index in [0.29, 0.717) is 10.0 Å². The molecule has 0 spiro atoms. The molecule has 0 saturated carbocycles. The van der Waals surface area contributed by atoms with Gasteiger partial charge in [-0.3, -0.25) is 4.79 Å². The number of carbonyl (C=O) groups excluding carboxylic acids is 2. The fourth-order valence-corrected chi connectivity index (χ4v) is 2.72. The summed E-state index contributed by atoms with van der Waals surface area (Å²) < 4.78 is 0. The van der Waals surface area contributed by atoms with Crippen LogP contribution in [0.25, 0.3) is 0 Å². The number of urea groups is 1. The van der Waals surface area contributed by atoms with Gasteiger partial charge in [0.1, 0.15) is 0 Å². The average Bonchev–Trinajstić information content (AvgIpc) is 2.62. The Hall–Kier alpha value is -2.24. The van der Waals surface area contributed by atoms with Crippen molar-refractivity contribution in [2.24, 2.45) is 0 Å². The molecule has 0 aromatic heterocycles. The molecule has 3 amide bonds.